The number of halogens is 4. The number of anilines is 1. The number of amides is 1. The van der Waals surface area contributed by atoms with Gasteiger partial charge in [-0.3, -0.25) is 4.79 Å². The minimum absolute atomic E-state index is 0.0144. The van der Waals surface area contributed by atoms with Gasteiger partial charge in [0.2, 0.25) is 0 Å². The van der Waals surface area contributed by atoms with E-state index in [0.717, 1.165) is 12.1 Å². The van der Waals surface area contributed by atoms with E-state index in [1.807, 2.05) is 4.90 Å². The summed E-state index contributed by atoms with van der Waals surface area (Å²) in [5, 5.41) is 11.8. The van der Waals surface area contributed by atoms with Gasteiger partial charge in [-0.05, 0) is 37.6 Å². The molecule has 6 nitrogen and oxygen atoms in total. The van der Waals surface area contributed by atoms with Crippen molar-refractivity contribution in [1.29, 1.82) is 5.41 Å². The van der Waals surface area contributed by atoms with Crippen molar-refractivity contribution < 1.29 is 22.5 Å². The van der Waals surface area contributed by atoms with Crippen LogP contribution in [0.1, 0.15) is 29.3 Å². The molecule has 3 saturated heterocycles. The second-order valence-corrected chi connectivity index (χ2v) is 11.8. The summed E-state index contributed by atoms with van der Waals surface area (Å²) in [6.45, 7) is 3.12. The number of benzene rings is 2. The summed E-state index contributed by atoms with van der Waals surface area (Å²) in [6.07, 6.45) is 0.259. The molecule has 0 aromatic heterocycles. The quantitative estimate of drug-likeness (QED) is 0.559. The molecular weight excluding hydrogens is 525 g/mol. The minimum atomic E-state index is -0.796. The Hall–Kier alpha value is -2.69. The third-order valence-corrected chi connectivity index (χ3v) is 9.62. The standard InChI is InChI=1S/C26H26ClF3N4O2S/c1-14-23(31)19(24(32-2)15-5-16(28)7-17(29)6-15)3-4-34(14)25(35)20-8-18(30)9-21(22(20)27)33-10-26(11-33)12-37(36)13-26/h5-9,14,31-32H,3-4,10-13H2,1-2H3/b24-19-,31-23?. The highest BCUT2D eigenvalue weighted by Crippen LogP contribution is 2.46. The predicted molar refractivity (Wildman–Crippen MR) is 139 cm³/mol. The van der Waals surface area contributed by atoms with E-state index in [2.05, 4.69) is 5.32 Å². The van der Waals surface area contributed by atoms with Gasteiger partial charge in [0.15, 0.2) is 0 Å². The number of nitrogens with one attached hydrogen (secondary N) is 2. The van der Waals surface area contributed by atoms with Gasteiger partial charge in [0.1, 0.15) is 29.0 Å². The maximum absolute atomic E-state index is 14.6. The lowest BCUT2D eigenvalue weighted by Gasteiger charge is -2.55. The molecule has 5 rings (SSSR count). The second kappa shape index (κ2) is 9.56. The second-order valence-electron chi connectivity index (χ2n) is 9.97. The van der Waals surface area contributed by atoms with Crippen LogP contribution in [0.4, 0.5) is 18.9 Å². The van der Waals surface area contributed by atoms with E-state index in [-0.39, 0.29) is 40.2 Å². The van der Waals surface area contributed by atoms with Gasteiger partial charge in [0.05, 0.1) is 33.4 Å². The molecule has 1 atom stereocenters. The summed E-state index contributed by atoms with van der Waals surface area (Å²) >= 11 is 5.83. The Morgan fingerprint density at radius 3 is 2.35 bits per heavy atom. The van der Waals surface area contributed by atoms with E-state index < -0.39 is 40.6 Å². The van der Waals surface area contributed by atoms with Gasteiger partial charge < -0.3 is 25.1 Å². The first-order valence-electron chi connectivity index (χ1n) is 11.9. The highest BCUT2D eigenvalue weighted by atomic mass is 35.5. The first kappa shape index (κ1) is 25.9. The van der Waals surface area contributed by atoms with Crippen LogP contribution in [0.3, 0.4) is 0 Å². The molecule has 196 valence electrons. The number of hydrogen-bond donors (Lipinski definition) is 2. The summed E-state index contributed by atoms with van der Waals surface area (Å²) < 4.78 is 53.8. The van der Waals surface area contributed by atoms with Gasteiger partial charge in [-0.25, -0.2) is 13.2 Å². The van der Waals surface area contributed by atoms with E-state index in [4.69, 9.17) is 17.0 Å². The topological polar surface area (TPSA) is 82.5 Å². The number of hydrogen-bond acceptors (Lipinski definition) is 5. The molecule has 1 amide bonds. The van der Waals surface area contributed by atoms with Crippen molar-refractivity contribution in [3.63, 3.8) is 0 Å². The van der Waals surface area contributed by atoms with Crippen LogP contribution in [0.5, 0.6) is 0 Å². The fourth-order valence-corrected chi connectivity index (χ4v) is 7.50. The van der Waals surface area contributed by atoms with Crippen LogP contribution in [0.15, 0.2) is 35.9 Å². The Morgan fingerprint density at radius 2 is 1.76 bits per heavy atom. The average molecular weight is 551 g/mol. The van der Waals surface area contributed by atoms with E-state index >= 15 is 0 Å². The molecular formula is C26H26ClF3N4O2S. The largest absolute Gasteiger partial charge is 0.616 e. The summed E-state index contributed by atoms with van der Waals surface area (Å²) in [7, 11) is 1.61. The van der Waals surface area contributed by atoms with Crippen LogP contribution in [-0.4, -0.2) is 65.3 Å². The number of carbonyl (C=O) groups excluding carboxylic acids is 1. The molecule has 1 unspecified atom stereocenters. The summed E-state index contributed by atoms with van der Waals surface area (Å²) in [6, 6.07) is 4.89. The first-order chi connectivity index (χ1) is 17.5. The van der Waals surface area contributed by atoms with Crippen molar-refractivity contribution in [3.05, 3.63) is 69.5 Å². The molecule has 3 fully saturated rings. The Kier molecular flexibility index (Phi) is 6.70. The predicted octanol–water partition coefficient (Wildman–Crippen LogP) is 4.21. The number of nitrogens with zero attached hydrogens (tertiary/aromatic N) is 2. The molecule has 3 aliphatic rings. The van der Waals surface area contributed by atoms with Crippen LogP contribution in [0, 0.1) is 28.3 Å². The third-order valence-electron chi connectivity index (χ3n) is 7.35. The number of piperidine rings is 1. The van der Waals surface area contributed by atoms with Gasteiger partial charge >= 0.3 is 0 Å². The lowest BCUT2D eigenvalue weighted by atomic mass is 9.82. The van der Waals surface area contributed by atoms with Crippen molar-refractivity contribution in [2.75, 3.05) is 43.1 Å². The molecule has 2 aromatic carbocycles. The molecule has 1 spiro atoms. The maximum Gasteiger partial charge on any atom is 0.256 e. The number of likely N-dealkylation sites (tertiary alicyclic amines) is 1. The molecule has 0 saturated carbocycles. The third kappa shape index (κ3) is 4.59. The lowest BCUT2D eigenvalue weighted by Crippen LogP contribution is -2.68. The fraction of sp³-hybridized carbons (Fsp3) is 0.385. The van der Waals surface area contributed by atoms with Gasteiger partial charge in [0.25, 0.3) is 5.91 Å². The van der Waals surface area contributed by atoms with Crippen LogP contribution >= 0.6 is 11.6 Å². The summed E-state index contributed by atoms with van der Waals surface area (Å²) in [4.78, 5) is 16.9. The molecule has 3 aliphatic heterocycles. The van der Waals surface area contributed by atoms with Gasteiger partial charge in [-0.1, -0.05) is 22.8 Å². The van der Waals surface area contributed by atoms with Crippen LogP contribution in [0.25, 0.3) is 5.70 Å². The van der Waals surface area contributed by atoms with Crippen LogP contribution in [0.2, 0.25) is 5.02 Å². The van der Waals surface area contributed by atoms with Crippen LogP contribution < -0.4 is 10.2 Å². The van der Waals surface area contributed by atoms with Crippen LogP contribution in [-0.2, 0) is 11.2 Å². The van der Waals surface area contributed by atoms with Crippen molar-refractivity contribution in [2.24, 2.45) is 5.41 Å². The number of carbonyl (C=O) groups is 1. The fourth-order valence-electron chi connectivity index (χ4n) is 5.55. The Bertz CT molecular complexity index is 1300. The zero-order chi connectivity index (χ0) is 26.6. The molecule has 0 aliphatic carbocycles. The van der Waals surface area contributed by atoms with E-state index in [0.29, 0.717) is 41.6 Å². The van der Waals surface area contributed by atoms with E-state index in [9.17, 15) is 22.5 Å². The van der Waals surface area contributed by atoms with Gasteiger partial charge in [-0.15, -0.1) is 0 Å². The molecule has 0 radical (unpaired) electrons. The van der Waals surface area contributed by atoms with Crippen molar-refractivity contribution in [2.45, 2.75) is 19.4 Å². The van der Waals surface area contributed by atoms with Crippen molar-refractivity contribution >= 4 is 45.8 Å². The van der Waals surface area contributed by atoms with Crippen molar-refractivity contribution in [1.82, 2.24) is 10.2 Å². The molecule has 2 aromatic rings. The lowest BCUT2D eigenvalue weighted by molar-refractivity contribution is 0.0728. The Labute approximate surface area is 221 Å². The number of rotatable bonds is 4. The smallest absolute Gasteiger partial charge is 0.256 e. The zero-order valence-electron chi connectivity index (χ0n) is 20.3. The van der Waals surface area contributed by atoms with E-state index in [1.165, 1.54) is 23.1 Å². The molecule has 2 N–H and O–H groups in total. The molecule has 37 heavy (non-hydrogen) atoms. The molecule has 11 heteroatoms. The van der Waals surface area contributed by atoms with E-state index in [1.54, 1.807) is 14.0 Å². The highest BCUT2D eigenvalue weighted by molar-refractivity contribution is 7.92. The first-order valence-corrected chi connectivity index (χ1v) is 13.7. The minimum Gasteiger partial charge on any atom is -0.616 e. The monoisotopic (exact) mass is 550 g/mol. The molecule has 0 bridgehead atoms. The Morgan fingerprint density at radius 1 is 1.14 bits per heavy atom. The van der Waals surface area contributed by atoms with Gasteiger partial charge in [0, 0.05) is 49.6 Å². The molecule has 3 heterocycles. The van der Waals surface area contributed by atoms with Crippen molar-refractivity contribution in [3.8, 4) is 0 Å². The SMILES string of the molecule is CN/C(=C1/CCN(C(=O)c2cc(F)cc(N3CC4(C3)C[S+]([O-])C4)c2Cl)C(C)C1=N)c1cc(F)cc(F)c1. The normalized spacial score (nSPS) is 22.6. The summed E-state index contributed by atoms with van der Waals surface area (Å²) in [5.74, 6) is -1.29. The maximum atomic E-state index is 14.6. The summed E-state index contributed by atoms with van der Waals surface area (Å²) in [5.41, 5.74) is 1.77. The highest BCUT2D eigenvalue weighted by Gasteiger charge is 2.57. The van der Waals surface area contributed by atoms with Gasteiger partial charge in [-0.2, -0.15) is 0 Å². The zero-order valence-corrected chi connectivity index (χ0v) is 21.9. The average Bonchev–Trinajstić information content (AvgIpc) is 2.79. The Balaban J connectivity index is 1.39.